The van der Waals surface area contributed by atoms with Crippen molar-refractivity contribution >= 4 is 11.9 Å². The number of carbonyl (C=O) groups is 2. The number of amides is 1. The molecule has 0 spiro atoms. The van der Waals surface area contributed by atoms with E-state index in [1.54, 1.807) is 0 Å². The second-order valence-electron chi connectivity index (χ2n) is 16.1. The lowest BCUT2D eigenvalue weighted by Crippen LogP contribution is -2.71. The highest BCUT2D eigenvalue weighted by Gasteiger charge is 2.61. The number of carboxylic acid groups (broad SMARTS) is 1. The zero-order valence-corrected chi connectivity index (χ0v) is 34.2. The van der Waals surface area contributed by atoms with E-state index in [-0.39, 0.29) is 0 Å². The molecule has 0 radical (unpaired) electrons. The van der Waals surface area contributed by atoms with Gasteiger partial charge in [0.05, 0.1) is 45.2 Å². The average Bonchev–Trinajstić information content (AvgIpc) is 3.27. The summed E-state index contributed by atoms with van der Waals surface area (Å²) < 4.78 is 49.6. The maximum absolute atomic E-state index is 12.9. The van der Waals surface area contributed by atoms with Crippen LogP contribution in [0.1, 0.15) is 13.3 Å². The fraction of sp³-hybridized carbons (Fsp3) is 0.943. The van der Waals surface area contributed by atoms with Crippen LogP contribution in [0.25, 0.3) is 0 Å². The molecule has 5 heterocycles. The van der Waals surface area contributed by atoms with Gasteiger partial charge in [0.1, 0.15) is 116 Å². The van der Waals surface area contributed by atoms with Crippen LogP contribution in [0.3, 0.4) is 0 Å². The SMILES string of the molecule is CC(=O)N[C@H]1[C@H]([C@H](O)[C@H](O)CO)O[C@@](O[C@H]2[C@@H](O)[C@@H](CO)O[C@@H](O[C@H]3[C@@H](O)[C@@H](CO)O[C@@H](O[C@H]4[C@@H](O)[C@@H](CO)O[C@@H](O[C@H]5[C@H](O)[C@@H](O)C(O)O[C@@H]5CO)[C@@H]4O)[C@@H]3O)[C@@H]2O)(C(=O)O)C[C@@H]1O. The summed E-state index contributed by atoms with van der Waals surface area (Å²) in [4.78, 5) is 24.8. The fourth-order valence-corrected chi connectivity index (χ4v) is 8.13. The van der Waals surface area contributed by atoms with Gasteiger partial charge in [-0.2, -0.15) is 0 Å². The Hall–Kier alpha value is -2.10. The summed E-state index contributed by atoms with van der Waals surface area (Å²) in [5.41, 5.74) is 0. The van der Waals surface area contributed by atoms with Gasteiger partial charge in [-0.3, -0.25) is 4.79 Å². The minimum atomic E-state index is -3.18. The molecule has 0 aromatic carbocycles. The summed E-state index contributed by atoms with van der Waals surface area (Å²) in [5.74, 6) is -6.06. The number of rotatable bonds is 17. The van der Waals surface area contributed by atoms with Crippen LogP contribution < -0.4 is 5.32 Å². The van der Waals surface area contributed by atoms with E-state index in [1.165, 1.54) is 0 Å². The number of carbonyl (C=O) groups excluding carboxylic acids is 1. The van der Waals surface area contributed by atoms with Gasteiger partial charge in [0.25, 0.3) is 5.79 Å². The molecular weight excluding hydrogens is 898 g/mol. The molecule has 30 heteroatoms. The standard InChI is InChI=1S/C35H59NO29/c1-8(42)36-15-9(43)2-35(34(55)56,64-26(15)16(45)10(44)3-37)65-29-19(48)13(6-40)60-33(24(29)53)63-28-18(47)12(5-39)59-32(23(28)52)62-27-17(46)11(4-38)58-31(22(27)51)61-25-14(7-41)57-30(54)21(50)20(25)49/h9-33,37-41,43-54H,2-7H2,1H3,(H,36,42)(H,55,56)/t9-,10+,11+,12+,13+,14+,15+,16+,17-,18-,19-,20+,21+,22+,23+,24+,25+,26+,27-,28-,29-,30?,31-,32-,33-,35-/m0/s1. The first-order valence-corrected chi connectivity index (χ1v) is 20.2. The van der Waals surface area contributed by atoms with Crippen LogP contribution in [0.15, 0.2) is 0 Å². The highest BCUT2D eigenvalue weighted by atomic mass is 16.8. The Morgan fingerprint density at radius 3 is 1.45 bits per heavy atom. The summed E-state index contributed by atoms with van der Waals surface area (Å²) in [7, 11) is 0. The Morgan fingerprint density at radius 2 is 1.03 bits per heavy atom. The summed E-state index contributed by atoms with van der Waals surface area (Å²) >= 11 is 0. The number of nitrogens with one attached hydrogen (secondary N) is 1. The van der Waals surface area contributed by atoms with Crippen LogP contribution in [0.5, 0.6) is 0 Å². The monoisotopic (exact) mass is 957 g/mol. The largest absolute Gasteiger partial charge is 0.477 e. The number of hydrogen-bond acceptors (Lipinski definition) is 28. The fourth-order valence-electron chi connectivity index (χ4n) is 8.13. The molecule has 0 aliphatic carbocycles. The predicted octanol–water partition coefficient (Wildman–Crippen LogP) is -12.6. The lowest BCUT2D eigenvalue weighted by atomic mass is 9.88. The summed E-state index contributed by atoms with van der Waals surface area (Å²) in [6.45, 7) is -4.21. The van der Waals surface area contributed by atoms with E-state index in [2.05, 4.69) is 5.32 Å². The van der Waals surface area contributed by atoms with Gasteiger partial charge >= 0.3 is 5.97 Å². The number of aliphatic hydroxyl groups is 17. The third-order valence-electron chi connectivity index (χ3n) is 11.7. The second-order valence-corrected chi connectivity index (χ2v) is 16.1. The van der Waals surface area contributed by atoms with Crippen molar-refractivity contribution in [2.45, 2.75) is 172 Å². The van der Waals surface area contributed by atoms with Gasteiger partial charge in [-0.15, -0.1) is 0 Å². The van der Waals surface area contributed by atoms with Crippen LogP contribution in [0.4, 0.5) is 0 Å². The molecule has 19 N–H and O–H groups in total. The Bertz CT molecular complexity index is 1540. The van der Waals surface area contributed by atoms with Gasteiger partial charge in [0, 0.05) is 13.3 Å². The first-order chi connectivity index (χ1) is 30.6. The van der Waals surface area contributed by atoms with E-state index in [0.29, 0.717) is 0 Å². The molecule has 0 saturated carbocycles. The number of aliphatic hydroxyl groups excluding tert-OH is 17. The average molecular weight is 958 g/mol. The van der Waals surface area contributed by atoms with Gasteiger partial charge in [0.2, 0.25) is 5.91 Å². The smallest absolute Gasteiger partial charge is 0.364 e. The van der Waals surface area contributed by atoms with Crippen molar-refractivity contribution < 1.29 is 144 Å². The van der Waals surface area contributed by atoms with Crippen LogP contribution in [-0.2, 0) is 52.2 Å². The third kappa shape index (κ3) is 11.2. The van der Waals surface area contributed by atoms with E-state index in [4.69, 9.17) is 42.6 Å². The molecule has 378 valence electrons. The highest BCUT2D eigenvalue weighted by Crippen LogP contribution is 2.39. The Kier molecular flexibility index (Phi) is 18.7. The first-order valence-electron chi connectivity index (χ1n) is 20.2. The van der Waals surface area contributed by atoms with Crippen molar-refractivity contribution in [3.8, 4) is 0 Å². The number of aliphatic carboxylic acids is 1. The molecule has 5 rings (SSSR count). The molecule has 1 unspecified atom stereocenters. The Labute approximate surface area is 366 Å². The van der Waals surface area contributed by atoms with Gasteiger partial charge < -0.3 is 140 Å². The van der Waals surface area contributed by atoms with Crippen molar-refractivity contribution in [3.05, 3.63) is 0 Å². The minimum absolute atomic E-state index is 0.814. The minimum Gasteiger partial charge on any atom is -0.477 e. The van der Waals surface area contributed by atoms with Gasteiger partial charge in [0.15, 0.2) is 25.2 Å². The van der Waals surface area contributed by atoms with Crippen LogP contribution in [-0.4, -0.2) is 296 Å². The van der Waals surface area contributed by atoms with E-state index >= 15 is 0 Å². The van der Waals surface area contributed by atoms with E-state index in [1.807, 2.05) is 0 Å². The number of ether oxygens (including phenoxy) is 9. The molecule has 26 atom stereocenters. The number of carboxylic acids is 1. The molecule has 30 nitrogen and oxygen atoms in total. The van der Waals surface area contributed by atoms with Crippen LogP contribution in [0, 0.1) is 0 Å². The van der Waals surface area contributed by atoms with E-state index < -0.39 is 210 Å². The van der Waals surface area contributed by atoms with Gasteiger partial charge in [-0.1, -0.05) is 0 Å². The molecule has 65 heavy (non-hydrogen) atoms. The molecule has 0 aromatic heterocycles. The first kappa shape index (κ1) is 53.8. The maximum atomic E-state index is 12.9. The second kappa shape index (κ2) is 22.5. The lowest BCUT2D eigenvalue weighted by Gasteiger charge is -2.51. The molecule has 5 saturated heterocycles. The Morgan fingerprint density at radius 1 is 0.600 bits per heavy atom. The molecule has 5 aliphatic heterocycles. The summed E-state index contributed by atoms with van der Waals surface area (Å²) in [6.07, 6.45) is -49.9. The topological polar surface area (TPSA) is 493 Å². The van der Waals surface area contributed by atoms with Crippen molar-refractivity contribution in [2.75, 3.05) is 33.0 Å². The highest BCUT2D eigenvalue weighted by molar-refractivity contribution is 5.76. The molecule has 5 aliphatic rings. The van der Waals surface area contributed by atoms with Gasteiger partial charge in [-0.25, -0.2) is 4.79 Å². The summed E-state index contributed by atoms with van der Waals surface area (Å²) in [5, 5.41) is 192. The molecular formula is C35H59NO29. The zero-order valence-electron chi connectivity index (χ0n) is 34.2. The Balaban J connectivity index is 1.39. The third-order valence-corrected chi connectivity index (χ3v) is 11.7. The zero-order chi connectivity index (χ0) is 48.4. The molecule has 5 fully saturated rings. The van der Waals surface area contributed by atoms with E-state index in [9.17, 15) is 102 Å². The maximum Gasteiger partial charge on any atom is 0.364 e. The van der Waals surface area contributed by atoms with Crippen LogP contribution in [0.2, 0.25) is 0 Å². The van der Waals surface area contributed by atoms with Gasteiger partial charge in [-0.05, 0) is 0 Å². The quantitative estimate of drug-likeness (QED) is 0.0643. The van der Waals surface area contributed by atoms with Crippen molar-refractivity contribution in [2.24, 2.45) is 0 Å². The predicted molar refractivity (Wildman–Crippen MR) is 195 cm³/mol. The molecule has 0 bridgehead atoms. The normalized spacial score (nSPS) is 48.3. The van der Waals surface area contributed by atoms with Crippen molar-refractivity contribution in [1.82, 2.24) is 5.32 Å². The van der Waals surface area contributed by atoms with E-state index in [0.717, 1.165) is 6.92 Å². The molecule has 1 amide bonds. The number of hydrogen-bond donors (Lipinski definition) is 19. The van der Waals surface area contributed by atoms with Crippen LogP contribution >= 0.6 is 0 Å². The van der Waals surface area contributed by atoms with Crippen molar-refractivity contribution in [1.29, 1.82) is 0 Å². The van der Waals surface area contributed by atoms with Crippen molar-refractivity contribution in [3.63, 3.8) is 0 Å². The lowest BCUT2D eigenvalue weighted by molar-refractivity contribution is -0.397. The summed E-state index contributed by atoms with van der Waals surface area (Å²) in [6, 6.07) is -1.64. The molecule has 0 aromatic rings.